The average Bonchev–Trinajstić information content (AvgIpc) is 3.28. The van der Waals surface area contributed by atoms with E-state index >= 15 is 0 Å². The van der Waals surface area contributed by atoms with Crippen LogP contribution in [0.1, 0.15) is 47.7 Å². The molecular formula is C16H20N8O. The number of aromatic nitrogens is 7. The van der Waals surface area contributed by atoms with E-state index in [0.29, 0.717) is 35.7 Å². The smallest absolute Gasteiger partial charge is 0.255 e. The summed E-state index contributed by atoms with van der Waals surface area (Å²) in [5.74, 6) is 2.08. The highest BCUT2D eigenvalue weighted by molar-refractivity contribution is 5.96. The van der Waals surface area contributed by atoms with Crippen molar-refractivity contribution >= 4 is 17.1 Å². The first-order valence-electron chi connectivity index (χ1n) is 8.51. The lowest BCUT2D eigenvalue weighted by atomic mass is 9.96. The van der Waals surface area contributed by atoms with E-state index in [-0.39, 0.29) is 5.91 Å². The van der Waals surface area contributed by atoms with Crippen LogP contribution < -0.4 is 0 Å². The number of carbonyl (C=O) groups excluding carboxylic acids is 1. The third-order valence-corrected chi connectivity index (χ3v) is 4.72. The van der Waals surface area contributed by atoms with Gasteiger partial charge in [0.1, 0.15) is 11.3 Å². The summed E-state index contributed by atoms with van der Waals surface area (Å²) in [4.78, 5) is 23.4. The Morgan fingerprint density at radius 2 is 2.16 bits per heavy atom. The van der Waals surface area contributed by atoms with Crippen molar-refractivity contribution in [2.75, 3.05) is 13.1 Å². The number of likely N-dealkylation sites (tertiary alicyclic amines) is 1. The van der Waals surface area contributed by atoms with Crippen LogP contribution >= 0.6 is 0 Å². The van der Waals surface area contributed by atoms with Crippen LogP contribution in [0, 0.1) is 0 Å². The number of H-pyrrole nitrogens is 1. The van der Waals surface area contributed by atoms with Gasteiger partial charge in [-0.2, -0.15) is 5.10 Å². The van der Waals surface area contributed by atoms with Crippen molar-refractivity contribution in [3.8, 4) is 0 Å². The van der Waals surface area contributed by atoms with Crippen LogP contribution in [-0.4, -0.2) is 59.1 Å². The van der Waals surface area contributed by atoms with Crippen molar-refractivity contribution in [1.29, 1.82) is 0 Å². The number of rotatable bonds is 3. The highest BCUT2D eigenvalue weighted by atomic mass is 16.2. The van der Waals surface area contributed by atoms with Crippen molar-refractivity contribution in [2.45, 2.75) is 32.1 Å². The van der Waals surface area contributed by atoms with E-state index in [1.165, 1.54) is 0 Å². The van der Waals surface area contributed by atoms with Gasteiger partial charge < -0.3 is 4.90 Å². The molecule has 0 bridgehead atoms. The van der Waals surface area contributed by atoms with Gasteiger partial charge in [-0.05, 0) is 18.9 Å². The predicted octanol–water partition coefficient (Wildman–Crippen LogP) is 1.06. The Balaban J connectivity index is 1.44. The molecule has 9 heteroatoms. The van der Waals surface area contributed by atoms with Gasteiger partial charge >= 0.3 is 0 Å². The van der Waals surface area contributed by atoms with Crippen LogP contribution in [0.5, 0.6) is 0 Å². The van der Waals surface area contributed by atoms with Gasteiger partial charge in [-0.3, -0.25) is 9.89 Å². The molecule has 1 saturated heterocycles. The van der Waals surface area contributed by atoms with Gasteiger partial charge in [-0.25, -0.2) is 14.6 Å². The van der Waals surface area contributed by atoms with Crippen molar-refractivity contribution in [2.24, 2.45) is 7.05 Å². The summed E-state index contributed by atoms with van der Waals surface area (Å²) < 4.78 is 1.59. The molecule has 0 radical (unpaired) electrons. The maximum Gasteiger partial charge on any atom is 0.255 e. The maximum atomic E-state index is 12.7. The van der Waals surface area contributed by atoms with Gasteiger partial charge in [0.2, 0.25) is 0 Å². The zero-order valence-corrected chi connectivity index (χ0v) is 14.3. The zero-order chi connectivity index (χ0) is 17.4. The minimum atomic E-state index is -0.0114. The molecule has 1 aliphatic heterocycles. The summed E-state index contributed by atoms with van der Waals surface area (Å²) >= 11 is 0. The molecule has 1 amide bonds. The number of aryl methyl sites for hydroxylation is 2. The molecule has 130 valence electrons. The van der Waals surface area contributed by atoms with Gasteiger partial charge in [0, 0.05) is 38.7 Å². The number of amides is 1. The normalized spacial score (nSPS) is 15.8. The van der Waals surface area contributed by atoms with Crippen molar-refractivity contribution in [3.63, 3.8) is 0 Å². The first kappa shape index (κ1) is 15.7. The van der Waals surface area contributed by atoms with Crippen LogP contribution in [0.15, 0.2) is 12.3 Å². The third-order valence-electron chi connectivity index (χ3n) is 4.72. The number of carbonyl (C=O) groups is 1. The van der Waals surface area contributed by atoms with E-state index in [1.54, 1.807) is 24.0 Å². The lowest BCUT2D eigenvalue weighted by Gasteiger charge is -2.30. The number of hydrogen-bond acceptors (Lipinski definition) is 6. The Kier molecular flexibility index (Phi) is 3.90. The van der Waals surface area contributed by atoms with Gasteiger partial charge in [0.25, 0.3) is 5.91 Å². The molecule has 0 spiro atoms. The van der Waals surface area contributed by atoms with Crippen LogP contribution in [0.2, 0.25) is 0 Å². The molecule has 0 atom stereocenters. The zero-order valence-electron chi connectivity index (χ0n) is 14.3. The highest BCUT2D eigenvalue weighted by Gasteiger charge is 2.27. The van der Waals surface area contributed by atoms with Crippen LogP contribution in [0.25, 0.3) is 11.2 Å². The number of aromatic amines is 1. The molecule has 4 heterocycles. The van der Waals surface area contributed by atoms with Crippen LogP contribution in [-0.2, 0) is 13.5 Å². The SMILES string of the molecule is CCc1nc(C2CCN(C(=O)c3cnc4c(c3)nnn4C)CC2)n[nH]1. The van der Waals surface area contributed by atoms with E-state index < -0.39 is 0 Å². The lowest BCUT2D eigenvalue weighted by Crippen LogP contribution is -2.38. The fourth-order valence-corrected chi connectivity index (χ4v) is 3.22. The lowest BCUT2D eigenvalue weighted by molar-refractivity contribution is 0.0711. The van der Waals surface area contributed by atoms with E-state index in [2.05, 4.69) is 30.5 Å². The van der Waals surface area contributed by atoms with E-state index in [1.807, 2.05) is 11.8 Å². The molecular weight excluding hydrogens is 320 g/mol. The van der Waals surface area contributed by atoms with Crippen LogP contribution in [0.4, 0.5) is 0 Å². The maximum absolute atomic E-state index is 12.7. The molecule has 3 aromatic heterocycles. The van der Waals surface area contributed by atoms with E-state index in [4.69, 9.17) is 0 Å². The predicted molar refractivity (Wildman–Crippen MR) is 89.9 cm³/mol. The molecule has 3 aromatic rings. The summed E-state index contributed by atoms with van der Waals surface area (Å²) in [7, 11) is 1.78. The summed E-state index contributed by atoms with van der Waals surface area (Å²) in [5, 5.41) is 15.2. The first-order chi connectivity index (χ1) is 12.2. The molecule has 25 heavy (non-hydrogen) atoms. The first-order valence-corrected chi connectivity index (χ1v) is 8.51. The summed E-state index contributed by atoms with van der Waals surface area (Å²) in [6, 6.07) is 1.76. The quantitative estimate of drug-likeness (QED) is 0.764. The van der Waals surface area contributed by atoms with Crippen LogP contribution in [0.3, 0.4) is 0 Å². The second kappa shape index (κ2) is 6.23. The Hall–Kier alpha value is -2.84. The van der Waals surface area contributed by atoms with Crippen molar-refractivity contribution in [3.05, 3.63) is 29.5 Å². The Morgan fingerprint density at radius 3 is 2.88 bits per heavy atom. The third kappa shape index (κ3) is 2.86. The molecule has 1 aliphatic rings. The Labute approximate surface area is 144 Å². The summed E-state index contributed by atoms with van der Waals surface area (Å²) in [6.07, 6.45) is 4.19. The molecule has 0 aliphatic carbocycles. The molecule has 4 rings (SSSR count). The van der Waals surface area contributed by atoms with E-state index in [0.717, 1.165) is 30.9 Å². The van der Waals surface area contributed by atoms with Crippen molar-refractivity contribution in [1.82, 2.24) is 40.1 Å². The number of hydrogen-bond donors (Lipinski definition) is 1. The fourth-order valence-electron chi connectivity index (χ4n) is 3.22. The Bertz CT molecular complexity index is 906. The summed E-state index contributed by atoms with van der Waals surface area (Å²) in [5.41, 5.74) is 1.86. The Morgan fingerprint density at radius 1 is 1.36 bits per heavy atom. The standard InChI is InChI=1S/C16H20N8O/c1-3-13-18-14(21-20-13)10-4-6-24(7-5-10)16(25)11-8-12-15(17-9-11)23(2)22-19-12/h8-10H,3-7H2,1-2H3,(H,18,20,21). The number of nitrogens with one attached hydrogen (secondary N) is 1. The monoisotopic (exact) mass is 340 g/mol. The minimum Gasteiger partial charge on any atom is -0.339 e. The molecule has 0 saturated carbocycles. The highest BCUT2D eigenvalue weighted by Crippen LogP contribution is 2.26. The van der Waals surface area contributed by atoms with E-state index in [9.17, 15) is 4.79 Å². The average molecular weight is 340 g/mol. The second-order valence-corrected chi connectivity index (χ2v) is 6.34. The largest absolute Gasteiger partial charge is 0.339 e. The number of pyridine rings is 1. The van der Waals surface area contributed by atoms with Gasteiger partial charge in [-0.15, -0.1) is 5.10 Å². The number of piperidine rings is 1. The molecule has 1 fully saturated rings. The molecule has 0 unspecified atom stereocenters. The summed E-state index contributed by atoms with van der Waals surface area (Å²) in [6.45, 7) is 3.43. The molecule has 1 N–H and O–H groups in total. The van der Waals surface area contributed by atoms with Crippen molar-refractivity contribution < 1.29 is 4.79 Å². The van der Waals surface area contributed by atoms with Gasteiger partial charge in [0.15, 0.2) is 11.5 Å². The number of nitrogens with zero attached hydrogens (tertiary/aromatic N) is 7. The molecule has 9 nitrogen and oxygen atoms in total. The fraction of sp³-hybridized carbons (Fsp3) is 0.500. The van der Waals surface area contributed by atoms with Gasteiger partial charge in [0.05, 0.1) is 5.56 Å². The molecule has 0 aromatic carbocycles. The number of fused-ring (bicyclic) bond motifs is 1. The van der Waals surface area contributed by atoms with Gasteiger partial charge in [-0.1, -0.05) is 12.1 Å². The topological polar surface area (TPSA) is 105 Å². The second-order valence-electron chi connectivity index (χ2n) is 6.34. The minimum absolute atomic E-state index is 0.0114.